The van der Waals surface area contributed by atoms with E-state index in [4.69, 9.17) is 9.97 Å². The van der Waals surface area contributed by atoms with E-state index in [9.17, 15) is 0 Å². The molecule has 0 N–H and O–H groups in total. The molecule has 0 bridgehead atoms. The zero-order chi connectivity index (χ0) is 40.6. The van der Waals surface area contributed by atoms with Crippen LogP contribution in [0.15, 0.2) is 243 Å². The van der Waals surface area contributed by atoms with Crippen LogP contribution in [0.25, 0.3) is 78.4 Å². The topological polar surface area (TPSA) is 25.8 Å². The van der Waals surface area contributed by atoms with Crippen LogP contribution in [0.5, 0.6) is 0 Å². The van der Waals surface area contributed by atoms with Crippen molar-refractivity contribution in [1.29, 1.82) is 0 Å². The molecule has 1 aliphatic carbocycles. The molecule has 0 saturated carbocycles. The number of nitrogens with zero attached hydrogens (tertiary/aromatic N) is 2. The molecular formula is C59H40N2. The van der Waals surface area contributed by atoms with E-state index in [1.807, 2.05) is 24.3 Å². The molecule has 1 heterocycles. The lowest BCUT2D eigenvalue weighted by molar-refractivity contribution is 0.769. The number of rotatable bonds is 8. The lowest BCUT2D eigenvalue weighted by Crippen LogP contribution is -2.28. The molecule has 0 fully saturated rings. The third kappa shape index (κ3) is 6.46. The Labute approximate surface area is 357 Å². The minimum atomic E-state index is -0.442. The van der Waals surface area contributed by atoms with Gasteiger partial charge in [-0.15, -0.1) is 0 Å². The molecule has 11 rings (SSSR count). The number of hydrogen-bond acceptors (Lipinski definition) is 2. The van der Waals surface area contributed by atoms with Crippen LogP contribution in [-0.2, 0) is 5.41 Å². The highest BCUT2D eigenvalue weighted by atomic mass is 14.9. The fraction of sp³-hybridized carbons (Fsp3) is 0.0169. The van der Waals surface area contributed by atoms with Crippen LogP contribution >= 0.6 is 0 Å². The third-order valence-corrected chi connectivity index (χ3v) is 12.2. The maximum absolute atomic E-state index is 5.10. The van der Waals surface area contributed by atoms with Crippen LogP contribution in [0.3, 0.4) is 0 Å². The van der Waals surface area contributed by atoms with Crippen molar-refractivity contribution >= 4 is 0 Å². The van der Waals surface area contributed by atoms with Crippen LogP contribution in [0.1, 0.15) is 22.3 Å². The predicted octanol–water partition coefficient (Wildman–Crippen LogP) is 14.8. The molecule has 286 valence electrons. The van der Waals surface area contributed by atoms with Gasteiger partial charge < -0.3 is 0 Å². The smallest absolute Gasteiger partial charge is 0.160 e. The Bertz CT molecular complexity index is 3080. The Kier molecular flexibility index (Phi) is 9.09. The van der Waals surface area contributed by atoms with Crippen molar-refractivity contribution in [2.75, 3.05) is 0 Å². The van der Waals surface area contributed by atoms with Crippen molar-refractivity contribution in [1.82, 2.24) is 9.97 Å². The highest BCUT2D eigenvalue weighted by Crippen LogP contribution is 2.56. The molecule has 0 amide bonds. The first kappa shape index (κ1) is 36.2. The zero-order valence-electron chi connectivity index (χ0n) is 33.5. The summed E-state index contributed by atoms with van der Waals surface area (Å²) in [6, 6.07) is 87.2. The summed E-state index contributed by atoms with van der Waals surface area (Å²) in [6.07, 6.45) is 0. The van der Waals surface area contributed by atoms with Crippen molar-refractivity contribution < 1.29 is 0 Å². The molecule has 2 heteroatoms. The van der Waals surface area contributed by atoms with E-state index in [-0.39, 0.29) is 0 Å². The van der Waals surface area contributed by atoms with Gasteiger partial charge in [-0.2, -0.15) is 0 Å². The van der Waals surface area contributed by atoms with Gasteiger partial charge in [0.2, 0.25) is 0 Å². The second kappa shape index (κ2) is 15.3. The summed E-state index contributed by atoms with van der Waals surface area (Å²) in [5, 5.41) is 0. The van der Waals surface area contributed by atoms with Crippen molar-refractivity contribution in [2.45, 2.75) is 5.41 Å². The quantitative estimate of drug-likeness (QED) is 0.154. The summed E-state index contributed by atoms with van der Waals surface area (Å²) in [5.41, 5.74) is 19.2. The van der Waals surface area contributed by atoms with Crippen LogP contribution in [-0.4, -0.2) is 9.97 Å². The predicted molar refractivity (Wildman–Crippen MR) is 252 cm³/mol. The largest absolute Gasteiger partial charge is 0.228 e. The molecule has 0 atom stereocenters. The van der Waals surface area contributed by atoms with E-state index in [0.717, 1.165) is 39.2 Å². The lowest BCUT2D eigenvalue weighted by Gasteiger charge is -2.34. The normalized spacial score (nSPS) is 12.4. The summed E-state index contributed by atoms with van der Waals surface area (Å²) in [4.78, 5) is 10.1. The van der Waals surface area contributed by atoms with Crippen LogP contribution in [0.2, 0.25) is 0 Å². The van der Waals surface area contributed by atoms with Crippen LogP contribution in [0, 0.1) is 0 Å². The highest BCUT2D eigenvalue weighted by Gasteiger charge is 2.46. The van der Waals surface area contributed by atoms with Crippen LogP contribution < -0.4 is 0 Å². The Morgan fingerprint density at radius 1 is 0.246 bits per heavy atom. The maximum atomic E-state index is 5.10. The van der Waals surface area contributed by atoms with Crippen molar-refractivity contribution in [2.24, 2.45) is 0 Å². The average Bonchev–Trinajstić information content (AvgIpc) is 3.65. The molecule has 0 spiro atoms. The molecule has 61 heavy (non-hydrogen) atoms. The van der Waals surface area contributed by atoms with Gasteiger partial charge in [0.1, 0.15) is 0 Å². The van der Waals surface area contributed by atoms with Gasteiger partial charge in [-0.05, 0) is 97.1 Å². The second-order valence-electron chi connectivity index (χ2n) is 15.7. The standard InChI is InChI=1S/C59H40N2/c1-5-18-41(19-6-1)56-40-57(61-58(60-56)42-20-7-2-8-21-42)49-27-17-26-47(38-49)45-24-15-22-43(36-45)44-23-16-25-46(37-44)48-34-35-53-52-32-13-14-33-54(52)59(55(53)39-48,50-28-9-3-10-29-50)51-30-11-4-12-31-51/h1-40H. The highest BCUT2D eigenvalue weighted by molar-refractivity contribution is 5.89. The molecule has 1 aromatic heterocycles. The first-order valence-electron chi connectivity index (χ1n) is 20.9. The van der Waals surface area contributed by atoms with E-state index >= 15 is 0 Å². The van der Waals surface area contributed by atoms with Crippen molar-refractivity contribution in [3.05, 3.63) is 265 Å². The number of aromatic nitrogens is 2. The van der Waals surface area contributed by atoms with E-state index in [0.29, 0.717) is 5.82 Å². The molecule has 0 unspecified atom stereocenters. The van der Waals surface area contributed by atoms with Crippen molar-refractivity contribution in [3.63, 3.8) is 0 Å². The first-order chi connectivity index (χ1) is 30.2. The third-order valence-electron chi connectivity index (χ3n) is 12.2. The summed E-state index contributed by atoms with van der Waals surface area (Å²) in [5.74, 6) is 0.711. The Balaban J connectivity index is 0.971. The molecular weight excluding hydrogens is 737 g/mol. The molecule has 0 radical (unpaired) electrons. The van der Waals surface area contributed by atoms with Crippen molar-refractivity contribution in [3.8, 4) is 78.4 Å². The van der Waals surface area contributed by atoms with Gasteiger partial charge in [0.05, 0.1) is 16.8 Å². The summed E-state index contributed by atoms with van der Waals surface area (Å²) in [7, 11) is 0. The Morgan fingerprint density at radius 3 is 1.20 bits per heavy atom. The number of benzene rings is 9. The minimum absolute atomic E-state index is 0.442. The summed E-state index contributed by atoms with van der Waals surface area (Å²) < 4.78 is 0. The first-order valence-corrected chi connectivity index (χ1v) is 20.9. The van der Waals surface area contributed by atoms with Gasteiger partial charge in [0, 0.05) is 16.7 Å². The van der Waals surface area contributed by atoms with E-state index < -0.39 is 5.41 Å². The van der Waals surface area contributed by atoms with Gasteiger partial charge in [-0.1, -0.05) is 212 Å². The van der Waals surface area contributed by atoms with Gasteiger partial charge in [-0.25, -0.2) is 9.97 Å². The summed E-state index contributed by atoms with van der Waals surface area (Å²) in [6.45, 7) is 0. The maximum Gasteiger partial charge on any atom is 0.160 e. The van der Waals surface area contributed by atoms with E-state index in [1.165, 1.54) is 55.6 Å². The zero-order valence-corrected chi connectivity index (χ0v) is 33.5. The monoisotopic (exact) mass is 776 g/mol. The number of fused-ring (bicyclic) bond motifs is 3. The van der Waals surface area contributed by atoms with Crippen LogP contribution in [0.4, 0.5) is 0 Å². The molecule has 0 aliphatic heterocycles. The second-order valence-corrected chi connectivity index (χ2v) is 15.7. The van der Waals surface area contributed by atoms with Gasteiger partial charge in [0.25, 0.3) is 0 Å². The fourth-order valence-electron chi connectivity index (χ4n) is 9.31. The molecule has 10 aromatic rings. The van der Waals surface area contributed by atoms with E-state index in [2.05, 4.69) is 218 Å². The number of hydrogen-bond donors (Lipinski definition) is 0. The van der Waals surface area contributed by atoms with Gasteiger partial charge >= 0.3 is 0 Å². The Hall–Kier alpha value is -7.94. The van der Waals surface area contributed by atoms with E-state index in [1.54, 1.807) is 0 Å². The van der Waals surface area contributed by atoms with Gasteiger partial charge in [0.15, 0.2) is 5.82 Å². The Morgan fingerprint density at radius 2 is 0.639 bits per heavy atom. The summed E-state index contributed by atoms with van der Waals surface area (Å²) >= 11 is 0. The molecule has 2 nitrogen and oxygen atoms in total. The molecule has 0 saturated heterocycles. The average molecular weight is 777 g/mol. The lowest BCUT2D eigenvalue weighted by atomic mass is 9.67. The SMILES string of the molecule is c1ccc(-c2cc(-c3cccc(-c4cccc(-c5cccc(-c6ccc7c(c6)C(c6ccccc6)(c6ccccc6)c6ccccc6-7)c5)c4)c3)nc(-c3ccccc3)n2)cc1. The minimum Gasteiger partial charge on any atom is -0.228 e. The molecule has 1 aliphatic rings. The fourth-order valence-corrected chi connectivity index (χ4v) is 9.31. The molecule has 9 aromatic carbocycles. The van der Waals surface area contributed by atoms with Gasteiger partial charge in [-0.3, -0.25) is 0 Å².